The Labute approximate surface area is 469 Å². The Kier molecular flexibility index (Phi) is 12.4. The minimum absolute atomic E-state index is 0.285. The van der Waals surface area contributed by atoms with Crippen molar-refractivity contribution in [2.24, 2.45) is 0 Å². The maximum absolute atomic E-state index is 15.3. The molecule has 13 rings (SSSR count). The number of halogens is 6. The fourth-order valence-electron chi connectivity index (χ4n) is 12.3. The Morgan fingerprint density at radius 1 is 0.317 bits per heavy atom. The maximum Gasteiger partial charge on any atom is 0.417 e. The number of rotatable bonds is 8. The molecule has 0 aliphatic heterocycles. The zero-order valence-electron chi connectivity index (χ0n) is 45.0. The van der Waals surface area contributed by atoms with Crippen LogP contribution in [0.2, 0.25) is 0 Å². The molecule has 398 valence electrons. The van der Waals surface area contributed by atoms with Crippen molar-refractivity contribution in [3.8, 4) is 84.2 Å². The number of fused-ring (bicyclic) bond motifs is 6. The summed E-state index contributed by atoms with van der Waals surface area (Å²) >= 11 is 0. The molecule has 0 saturated heterocycles. The van der Waals surface area contributed by atoms with Crippen molar-refractivity contribution in [2.45, 2.75) is 40.0 Å². The first-order valence-electron chi connectivity index (χ1n) is 26.9. The number of hydrogen-bond donors (Lipinski definition) is 0. The normalized spacial score (nSPS) is 12.0. The van der Waals surface area contributed by atoms with Gasteiger partial charge in [0.1, 0.15) is 0 Å². The van der Waals surface area contributed by atoms with Crippen molar-refractivity contribution in [3.05, 3.63) is 263 Å². The number of hydrogen-bond acceptors (Lipinski definition) is 1. The SMILES string of the molecule is Cc1ccccc1-c1ccc2c(c1)c1cc(-c3ccccc3C)ccc1n2-c1ccc(-c2c(C(F)(F)F)cccc2C(F)(F)F)cc1-c1ccc(C#N)cc1-n1c2ccc(-c3ccccc3C)cc2c2cc(-c3ccccc3C)ccc21. The van der Waals surface area contributed by atoms with Crippen LogP contribution < -0.4 is 0 Å². The average Bonchev–Trinajstić information content (AvgIpc) is 3.02. The smallest absolute Gasteiger partial charge is 0.309 e. The number of alkyl halides is 6. The summed E-state index contributed by atoms with van der Waals surface area (Å²) < 4.78 is 95.8. The predicted molar refractivity (Wildman–Crippen MR) is 321 cm³/mol. The van der Waals surface area contributed by atoms with E-state index < -0.39 is 29.0 Å². The van der Waals surface area contributed by atoms with Crippen molar-refractivity contribution < 1.29 is 26.3 Å². The number of benzene rings is 11. The number of nitriles is 1. The first kappa shape index (κ1) is 51.5. The van der Waals surface area contributed by atoms with Gasteiger partial charge in [0.05, 0.1) is 56.2 Å². The Bertz CT molecular complexity index is 4560. The van der Waals surface area contributed by atoms with E-state index in [-0.39, 0.29) is 5.56 Å². The van der Waals surface area contributed by atoms with Crippen LogP contribution in [0.3, 0.4) is 0 Å². The maximum atomic E-state index is 15.3. The van der Waals surface area contributed by atoms with E-state index in [1.54, 1.807) is 24.3 Å². The van der Waals surface area contributed by atoms with Crippen LogP contribution in [0.5, 0.6) is 0 Å². The Hall–Kier alpha value is -9.91. The van der Waals surface area contributed by atoms with Gasteiger partial charge in [0.15, 0.2) is 0 Å². The molecular formula is C73H49F6N3. The van der Waals surface area contributed by atoms with Crippen LogP contribution in [0.1, 0.15) is 38.9 Å². The van der Waals surface area contributed by atoms with Crippen LogP contribution in [0.4, 0.5) is 26.3 Å². The van der Waals surface area contributed by atoms with Gasteiger partial charge in [0.2, 0.25) is 0 Å². The third-order valence-corrected chi connectivity index (χ3v) is 16.2. The molecule has 0 N–H and O–H groups in total. The van der Waals surface area contributed by atoms with Crippen molar-refractivity contribution in [1.82, 2.24) is 9.13 Å². The van der Waals surface area contributed by atoms with Gasteiger partial charge >= 0.3 is 12.4 Å². The molecule has 9 heteroatoms. The van der Waals surface area contributed by atoms with Gasteiger partial charge in [-0.05, 0) is 185 Å². The summed E-state index contributed by atoms with van der Waals surface area (Å²) in [6, 6.07) is 71.8. The highest BCUT2D eigenvalue weighted by atomic mass is 19.4. The largest absolute Gasteiger partial charge is 0.417 e. The minimum Gasteiger partial charge on any atom is -0.309 e. The molecule has 0 aliphatic rings. The van der Waals surface area contributed by atoms with E-state index in [1.807, 2.05) is 84.9 Å². The first-order valence-corrected chi connectivity index (χ1v) is 26.9. The zero-order chi connectivity index (χ0) is 56.8. The van der Waals surface area contributed by atoms with Crippen molar-refractivity contribution in [1.29, 1.82) is 5.26 Å². The Balaban J connectivity index is 1.16. The molecule has 2 aromatic heterocycles. The lowest BCUT2D eigenvalue weighted by Gasteiger charge is -2.22. The monoisotopic (exact) mass is 1080 g/mol. The topological polar surface area (TPSA) is 33.6 Å². The van der Waals surface area contributed by atoms with E-state index in [2.05, 4.69) is 128 Å². The molecule has 0 atom stereocenters. The molecule has 0 radical (unpaired) electrons. The lowest BCUT2D eigenvalue weighted by molar-refractivity contribution is -0.142. The molecule has 0 unspecified atom stereocenters. The number of aromatic nitrogens is 2. The van der Waals surface area contributed by atoms with E-state index in [0.29, 0.717) is 40.2 Å². The second-order valence-corrected chi connectivity index (χ2v) is 21.2. The molecule has 82 heavy (non-hydrogen) atoms. The van der Waals surface area contributed by atoms with Crippen LogP contribution in [0, 0.1) is 39.0 Å². The van der Waals surface area contributed by atoms with Crippen LogP contribution in [-0.2, 0) is 12.4 Å². The molecule has 0 aliphatic carbocycles. The molecular weight excluding hydrogens is 1030 g/mol. The number of aryl methyl sites for hydroxylation is 4. The quantitative estimate of drug-likeness (QED) is 0.140. The Morgan fingerprint density at radius 3 is 1.02 bits per heavy atom. The summed E-state index contributed by atoms with van der Waals surface area (Å²) in [6.45, 7) is 8.26. The van der Waals surface area contributed by atoms with Gasteiger partial charge < -0.3 is 9.13 Å². The van der Waals surface area contributed by atoms with Gasteiger partial charge in [0.25, 0.3) is 0 Å². The molecule has 0 amide bonds. The Morgan fingerprint density at radius 2 is 0.671 bits per heavy atom. The van der Waals surface area contributed by atoms with Gasteiger partial charge in [0, 0.05) is 38.2 Å². The number of nitrogens with zero attached hydrogens (tertiary/aromatic N) is 3. The van der Waals surface area contributed by atoms with Crippen LogP contribution in [-0.4, -0.2) is 9.13 Å². The molecule has 0 fully saturated rings. The van der Waals surface area contributed by atoms with Crippen LogP contribution in [0.15, 0.2) is 224 Å². The summed E-state index contributed by atoms with van der Waals surface area (Å²) in [5, 5.41) is 14.3. The highest BCUT2D eigenvalue weighted by molar-refractivity contribution is 6.14. The fraction of sp³-hybridized carbons (Fsp3) is 0.0822. The second-order valence-electron chi connectivity index (χ2n) is 21.2. The van der Waals surface area contributed by atoms with Crippen LogP contribution in [0.25, 0.3) is 122 Å². The molecule has 0 bridgehead atoms. The standard InChI is InChI=1S/C73H49F6N3/c1-43-14-5-9-18-53(43)48-25-31-66-59(37-48)60-38-49(54-19-10-6-15-44(54)2)26-32-67(60)81(66)65-35-29-52(71-63(72(74,75)76)22-13-23-64(71)73(77,78)79)41-58(65)57-30-24-47(42-80)36-70(57)82-68-33-27-50(55-20-11-7-16-45(55)3)39-61(68)62-40-51(28-34-69(62)82)56-21-12-8-17-46(56)4/h5-41H,1-4H3. The summed E-state index contributed by atoms with van der Waals surface area (Å²) in [4.78, 5) is 0. The average molecular weight is 1080 g/mol. The predicted octanol–water partition coefficient (Wildman–Crippen LogP) is 21.0. The molecule has 0 spiro atoms. The summed E-state index contributed by atoms with van der Waals surface area (Å²) in [7, 11) is 0. The second kappa shape index (κ2) is 19.7. The first-order chi connectivity index (χ1) is 39.5. The fourth-order valence-corrected chi connectivity index (χ4v) is 12.3. The van der Waals surface area contributed by atoms with E-state index in [0.717, 1.165) is 116 Å². The summed E-state index contributed by atoms with van der Waals surface area (Å²) in [5.74, 6) is 0. The molecule has 2 heterocycles. The summed E-state index contributed by atoms with van der Waals surface area (Å²) in [5.41, 5.74) is 13.5. The van der Waals surface area contributed by atoms with Gasteiger partial charge in [-0.2, -0.15) is 31.6 Å². The van der Waals surface area contributed by atoms with Crippen LogP contribution >= 0.6 is 0 Å². The minimum atomic E-state index is -5.15. The lowest BCUT2D eigenvalue weighted by Crippen LogP contribution is -2.14. The molecule has 0 saturated carbocycles. The molecule has 13 aromatic rings. The van der Waals surface area contributed by atoms with Gasteiger partial charge in [-0.1, -0.05) is 140 Å². The summed E-state index contributed by atoms with van der Waals surface area (Å²) in [6.07, 6.45) is -10.3. The molecule has 3 nitrogen and oxygen atoms in total. The van der Waals surface area contributed by atoms with E-state index in [1.165, 1.54) is 12.1 Å². The van der Waals surface area contributed by atoms with Gasteiger partial charge in [-0.15, -0.1) is 0 Å². The van der Waals surface area contributed by atoms with E-state index >= 15 is 26.3 Å². The highest BCUT2D eigenvalue weighted by Crippen LogP contribution is 2.49. The van der Waals surface area contributed by atoms with Crippen molar-refractivity contribution >= 4 is 43.6 Å². The van der Waals surface area contributed by atoms with Crippen molar-refractivity contribution in [2.75, 3.05) is 0 Å². The third kappa shape index (κ3) is 8.70. The van der Waals surface area contributed by atoms with E-state index in [4.69, 9.17) is 0 Å². The highest BCUT2D eigenvalue weighted by Gasteiger charge is 2.41. The third-order valence-electron chi connectivity index (χ3n) is 16.2. The lowest BCUT2D eigenvalue weighted by atomic mass is 9.90. The zero-order valence-corrected chi connectivity index (χ0v) is 45.0. The van der Waals surface area contributed by atoms with E-state index in [9.17, 15) is 5.26 Å². The van der Waals surface area contributed by atoms with Gasteiger partial charge in [-0.3, -0.25) is 0 Å². The van der Waals surface area contributed by atoms with Crippen molar-refractivity contribution in [3.63, 3.8) is 0 Å². The van der Waals surface area contributed by atoms with Gasteiger partial charge in [-0.25, -0.2) is 0 Å². The molecule has 11 aromatic carbocycles.